The van der Waals surface area contributed by atoms with Gasteiger partial charge in [-0.3, -0.25) is 4.79 Å². The molecule has 96 valence electrons. The molecule has 5 heteroatoms. The van der Waals surface area contributed by atoms with Gasteiger partial charge >= 0.3 is 0 Å². The van der Waals surface area contributed by atoms with Gasteiger partial charge in [0, 0.05) is 6.61 Å². The first-order chi connectivity index (χ1) is 7.57. The van der Waals surface area contributed by atoms with Gasteiger partial charge in [-0.1, -0.05) is 6.92 Å². The lowest BCUT2D eigenvalue weighted by molar-refractivity contribution is -0.120. The zero-order valence-corrected chi connectivity index (χ0v) is 10.5. The van der Waals surface area contributed by atoms with Gasteiger partial charge in [0.25, 0.3) is 0 Å². The Morgan fingerprint density at radius 2 is 2.00 bits per heavy atom. The molecule has 0 bridgehead atoms. The summed E-state index contributed by atoms with van der Waals surface area (Å²) < 4.78 is 10.6. The highest BCUT2D eigenvalue weighted by atomic mass is 16.5. The number of hydrogen-bond acceptors (Lipinski definition) is 4. The van der Waals surface area contributed by atoms with Crippen LogP contribution in [-0.4, -0.2) is 44.4 Å². The fourth-order valence-corrected chi connectivity index (χ4v) is 1.24. The minimum atomic E-state index is -0.330. The lowest BCUT2D eigenvalue weighted by Crippen LogP contribution is -2.41. The normalized spacial score (nSPS) is 13.0. The molecule has 0 saturated heterocycles. The Morgan fingerprint density at radius 3 is 2.50 bits per heavy atom. The number of primary amides is 1. The van der Waals surface area contributed by atoms with Crippen molar-refractivity contribution in [2.24, 2.45) is 5.73 Å². The third-order valence-electron chi connectivity index (χ3n) is 2.02. The molecule has 0 aliphatic carbocycles. The zero-order valence-electron chi connectivity index (χ0n) is 10.5. The Labute approximate surface area is 97.7 Å². The molecule has 1 unspecified atom stereocenters. The number of hydrogen-bond donors (Lipinski definition) is 2. The van der Waals surface area contributed by atoms with Crippen LogP contribution in [-0.2, 0) is 14.3 Å². The molecule has 0 radical (unpaired) electrons. The standard InChI is InChI=1S/C11H24N2O3/c1-4-13-10(11(12)14)5-6-15-7-8-16-9(2)3/h9-10,13H,4-8H2,1-3H3,(H2,12,14). The van der Waals surface area contributed by atoms with E-state index in [4.69, 9.17) is 15.2 Å². The Hall–Kier alpha value is -0.650. The molecule has 1 atom stereocenters. The van der Waals surface area contributed by atoms with E-state index < -0.39 is 0 Å². The molecule has 0 rings (SSSR count). The van der Waals surface area contributed by atoms with Gasteiger partial charge in [-0.25, -0.2) is 0 Å². The van der Waals surface area contributed by atoms with Crippen LogP contribution in [0.5, 0.6) is 0 Å². The number of amides is 1. The van der Waals surface area contributed by atoms with Crippen LogP contribution in [0.1, 0.15) is 27.2 Å². The van der Waals surface area contributed by atoms with Gasteiger partial charge in [-0.05, 0) is 26.8 Å². The Morgan fingerprint density at radius 1 is 1.31 bits per heavy atom. The van der Waals surface area contributed by atoms with Gasteiger partial charge in [0.15, 0.2) is 0 Å². The number of ether oxygens (including phenoxy) is 2. The Bertz CT molecular complexity index is 186. The van der Waals surface area contributed by atoms with E-state index in [1.165, 1.54) is 0 Å². The molecular weight excluding hydrogens is 208 g/mol. The number of nitrogens with one attached hydrogen (secondary N) is 1. The number of nitrogens with two attached hydrogens (primary N) is 1. The average molecular weight is 232 g/mol. The molecule has 0 heterocycles. The quantitative estimate of drug-likeness (QED) is 0.531. The highest BCUT2D eigenvalue weighted by molar-refractivity contribution is 5.79. The van der Waals surface area contributed by atoms with Gasteiger partial charge < -0.3 is 20.5 Å². The molecule has 5 nitrogen and oxygen atoms in total. The zero-order chi connectivity index (χ0) is 12.4. The van der Waals surface area contributed by atoms with E-state index in [2.05, 4.69) is 5.32 Å². The summed E-state index contributed by atoms with van der Waals surface area (Å²) in [5, 5.41) is 3.01. The summed E-state index contributed by atoms with van der Waals surface area (Å²) in [5.41, 5.74) is 5.22. The van der Waals surface area contributed by atoms with E-state index in [0.29, 0.717) is 26.2 Å². The largest absolute Gasteiger partial charge is 0.379 e. The Balaban J connectivity index is 3.44. The number of rotatable bonds is 10. The maximum atomic E-state index is 11.0. The smallest absolute Gasteiger partial charge is 0.234 e. The van der Waals surface area contributed by atoms with Crippen LogP contribution < -0.4 is 11.1 Å². The van der Waals surface area contributed by atoms with Crippen molar-refractivity contribution in [3.8, 4) is 0 Å². The maximum Gasteiger partial charge on any atom is 0.234 e. The summed E-state index contributed by atoms with van der Waals surface area (Å²) in [7, 11) is 0. The van der Waals surface area contributed by atoms with Crippen molar-refractivity contribution in [2.45, 2.75) is 39.3 Å². The molecule has 0 spiro atoms. The van der Waals surface area contributed by atoms with E-state index >= 15 is 0 Å². The highest BCUT2D eigenvalue weighted by Crippen LogP contribution is 1.93. The second-order valence-electron chi connectivity index (χ2n) is 3.83. The van der Waals surface area contributed by atoms with Crippen LogP contribution in [0, 0.1) is 0 Å². The molecule has 0 fully saturated rings. The van der Waals surface area contributed by atoms with Crippen molar-refractivity contribution in [2.75, 3.05) is 26.4 Å². The fourth-order valence-electron chi connectivity index (χ4n) is 1.24. The molecule has 0 aliphatic heterocycles. The number of carbonyl (C=O) groups excluding carboxylic acids is 1. The summed E-state index contributed by atoms with van der Waals surface area (Å²) in [6.45, 7) is 8.28. The highest BCUT2D eigenvalue weighted by Gasteiger charge is 2.12. The van der Waals surface area contributed by atoms with Gasteiger partial charge in [-0.15, -0.1) is 0 Å². The Kier molecular flexibility index (Phi) is 9.18. The average Bonchev–Trinajstić information content (AvgIpc) is 2.20. The molecule has 3 N–H and O–H groups in total. The molecule has 0 aromatic rings. The SMILES string of the molecule is CCNC(CCOCCOC(C)C)C(N)=O. The van der Waals surface area contributed by atoms with Gasteiger partial charge in [-0.2, -0.15) is 0 Å². The van der Waals surface area contributed by atoms with Crippen molar-refractivity contribution < 1.29 is 14.3 Å². The van der Waals surface area contributed by atoms with Crippen LogP contribution in [0.4, 0.5) is 0 Å². The van der Waals surface area contributed by atoms with Crippen LogP contribution in [0.3, 0.4) is 0 Å². The molecular formula is C11H24N2O3. The van der Waals surface area contributed by atoms with Gasteiger partial charge in [0.2, 0.25) is 5.91 Å². The van der Waals surface area contributed by atoms with Crippen LogP contribution in [0.25, 0.3) is 0 Å². The van der Waals surface area contributed by atoms with Crippen molar-refractivity contribution in [1.29, 1.82) is 0 Å². The predicted molar refractivity (Wildman–Crippen MR) is 63.2 cm³/mol. The third-order valence-corrected chi connectivity index (χ3v) is 2.02. The van der Waals surface area contributed by atoms with E-state index in [1.807, 2.05) is 20.8 Å². The van der Waals surface area contributed by atoms with Gasteiger partial charge in [0.05, 0.1) is 25.4 Å². The summed E-state index contributed by atoms with van der Waals surface area (Å²) in [4.78, 5) is 11.0. The predicted octanol–water partition coefficient (Wildman–Crippen LogP) is 0.282. The number of likely N-dealkylation sites (N-methyl/N-ethyl adjacent to an activating group) is 1. The lowest BCUT2D eigenvalue weighted by Gasteiger charge is -2.14. The van der Waals surface area contributed by atoms with Gasteiger partial charge in [0.1, 0.15) is 0 Å². The molecule has 16 heavy (non-hydrogen) atoms. The van der Waals surface area contributed by atoms with E-state index in [1.54, 1.807) is 0 Å². The fraction of sp³-hybridized carbons (Fsp3) is 0.909. The van der Waals surface area contributed by atoms with Crippen molar-refractivity contribution >= 4 is 5.91 Å². The topological polar surface area (TPSA) is 73.6 Å². The third kappa shape index (κ3) is 8.64. The molecule has 1 amide bonds. The summed E-state index contributed by atoms with van der Waals surface area (Å²) in [5.74, 6) is -0.330. The van der Waals surface area contributed by atoms with Crippen molar-refractivity contribution in [3.05, 3.63) is 0 Å². The minimum absolute atomic E-state index is 0.226. The second-order valence-corrected chi connectivity index (χ2v) is 3.83. The summed E-state index contributed by atoms with van der Waals surface area (Å²) in [6.07, 6.45) is 0.828. The van der Waals surface area contributed by atoms with Crippen LogP contribution >= 0.6 is 0 Å². The molecule has 0 saturated carbocycles. The first-order valence-corrected chi connectivity index (χ1v) is 5.80. The van der Waals surface area contributed by atoms with Crippen LogP contribution in [0.15, 0.2) is 0 Å². The van der Waals surface area contributed by atoms with Crippen LogP contribution in [0.2, 0.25) is 0 Å². The molecule has 0 aromatic heterocycles. The van der Waals surface area contributed by atoms with E-state index in [-0.39, 0.29) is 18.1 Å². The van der Waals surface area contributed by atoms with Crippen molar-refractivity contribution in [1.82, 2.24) is 5.32 Å². The molecule has 0 aromatic carbocycles. The first-order valence-electron chi connectivity index (χ1n) is 5.80. The van der Waals surface area contributed by atoms with E-state index in [0.717, 1.165) is 6.54 Å². The van der Waals surface area contributed by atoms with Crippen molar-refractivity contribution in [3.63, 3.8) is 0 Å². The maximum absolute atomic E-state index is 11.0. The number of carbonyl (C=O) groups is 1. The monoisotopic (exact) mass is 232 g/mol. The summed E-state index contributed by atoms with van der Waals surface area (Å²) in [6, 6.07) is -0.295. The molecule has 0 aliphatic rings. The minimum Gasteiger partial charge on any atom is -0.379 e. The van der Waals surface area contributed by atoms with E-state index in [9.17, 15) is 4.79 Å². The first kappa shape index (κ1) is 15.3. The summed E-state index contributed by atoms with van der Waals surface area (Å²) >= 11 is 0. The lowest BCUT2D eigenvalue weighted by atomic mass is 10.2. The second kappa shape index (κ2) is 9.57.